The summed E-state index contributed by atoms with van der Waals surface area (Å²) in [5.74, 6) is 0.0709. The van der Waals surface area contributed by atoms with Crippen molar-refractivity contribution in [2.24, 2.45) is 0 Å². The Morgan fingerprint density at radius 3 is 2.65 bits per heavy atom. The molecule has 0 unspecified atom stereocenters. The Labute approximate surface area is 169 Å². The summed E-state index contributed by atoms with van der Waals surface area (Å²) in [6.45, 7) is 0.374. The van der Waals surface area contributed by atoms with E-state index in [9.17, 15) is 4.39 Å². The molecular weight excluding hydrogens is 418 g/mol. The molecule has 1 heterocycles. The van der Waals surface area contributed by atoms with Gasteiger partial charge in [0.2, 0.25) is 0 Å². The van der Waals surface area contributed by atoms with Crippen LogP contribution in [0.4, 0.5) is 15.9 Å². The Balaban J connectivity index is 1.69. The van der Waals surface area contributed by atoms with E-state index in [1.54, 1.807) is 41.2 Å². The molecule has 0 bridgehead atoms. The highest BCUT2D eigenvalue weighted by Gasteiger charge is 2.11. The summed E-state index contributed by atoms with van der Waals surface area (Å²) in [5, 5.41) is 11.8. The first-order valence-electron chi connectivity index (χ1n) is 7.41. The minimum absolute atomic E-state index is 0.257. The van der Waals surface area contributed by atoms with E-state index in [0.29, 0.717) is 33.1 Å². The summed E-state index contributed by atoms with van der Waals surface area (Å²) in [5.41, 5.74) is 1.33. The molecule has 3 rings (SSSR count). The van der Waals surface area contributed by atoms with E-state index in [1.807, 2.05) is 0 Å². The summed E-state index contributed by atoms with van der Waals surface area (Å²) in [7, 11) is 0. The highest BCUT2D eigenvalue weighted by atomic mass is 35.5. The fraction of sp³-hybridized carbons (Fsp3) is 0.0588. The molecule has 2 aromatic carbocycles. The maximum absolute atomic E-state index is 13.3. The number of hydrogen-bond acceptors (Lipinski definition) is 2. The fourth-order valence-corrected chi connectivity index (χ4v) is 2.98. The van der Waals surface area contributed by atoms with Crippen molar-refractivity contribution >= 4 is 63.6 Å². The Kier molecular flexibility index (Phi) is 5.98. The number of nitrogens with one attached hydrogen (secondary N) is 2. The number of anilines is 2. The van der Waals surface area contributed by atoms with Crippen molar-refractivity contribution < 1.29 is 4.39 Å². The molecule has 0 saturated carbocycles. The summed E-state index contributed by atoms with van der Waals surface area (Å²) >= 11 is 23.5. The first-order valence-corrected chi connectivity index (χ1v) is 8.95. The lowest BCUT2D eigenvalue weighted by molar-refractivity contribution is 0.619. The average Bonchev–Trinajstić information content (AvgIpc) is 2.90. The maximum atomic E-state index is 13.3. The largest absolute Gasteiger partial charge is 0.331 e. The van der Waals surface area contributed by atoms with E-state index in [-0.39, 0.29) is 10.9 Å². The zero-order valence-corrected chi connectivity index (χ0v) is 16.2. The van der Waals surface area contributed by atoms with E-state index >= 15 is 0 Å². The van der Waals surface area contributed by atoms with Crippen LogP contribution >= 0.6 is 47.0 Å². The van der Waals surface area contributed by atoms with Gasteiger partial charge in [-0.3, -0.25) is 4.68 Å². The lowest BCUT2D eigenvalue weighted by atomic mass is 10.2. The van der Waals surface area contributed by atoms with Gasteiger partial charge in [-0.1, -0.05) is 46.9 Å². The Morgan fingerprint density at radius 2 is 1.88 bits per heavy atom. The van der Waals surface area contributed by atoms with E-state index < -0.39 is 0 Å². The van der Waals surface area contributed by atoms with Gasteiger partial charge in [-0.15, -0.1) is 0 Å². The summed E-state index contributed by atoms with van der Waals surface area (Å²) in [4.78, 5) is 0. The number of nitrogens with zero attached hydrogens (tertiary/aromatic N) is 2. The third-order valence-electron chi connectivity index (χ3n) is 3.36. The molecule has 1 aromatic heterocycles. The van der Waals surface area contributed by atoms with Gasteiger partial charge in [0.25, 0.3) is 0 Å². The van der Waals surface area contributed by atoms with E-state index in [0.717, 1.165) is 5.56 Å². The maximum Gasteiger partial charge on any atom is 0.176 e. The number of thiocarbonyl (C=S) groups is 1. The second-order valence-corrected chi connectivity index (χ2v) is 7.02. The number of hydrogen-bond donors (Lipinski definition) is 2. The van der Waals surface area contributed by atoms with Crippen molar-refractivity contribution in [3.63, 3.8) is 0 Å². The number of halogens is 4. The second kappa shape index (κ2) is 8.22. The molecule has 0 fully saturated rings. The molecule has 3 aromatic rings. The lowest BCUT2D eigenvalue weighted by Gasteiger charge is -2.10. The molecule has 134 valence electrons. The molecule has 4 nitrogen and oxygen atoms in total. The van der Waals surface area contributed by atoms with Gasteiger partial charge in [0.05, 0.1) is 17.3 Å². The van der Waals surface area contributed by atoms with Crippen LogP contribution in [0, 0.1) is 5.82 Å². The lowest BCUT2D eigenvalue weighted by Crippen LogP contribution is -2.20. The third kappa shape index (κ3) is 4.86. The van der Waals surface area contributed by atoms with Gasteiger partial charge in [-0.05, 0) is 48.1 Å². The molecular formula is C17H12Cl3FN4S. The zero-order valence-electron chi connectivity index (χ0n) is 13.1. The van der Waals surface area contributed by atoms with Crippen molar-refractivity contribution in [2.75, 3.05) is 10.6 Å². The minimum atomic E-state index is -0.303. The molecule has 0 atom stereocenters. The van der Waals surface area contributed by atoms with E-state index in [4.69, 9.17) is 47.0 Å². The highest BCUT2D eigenvalue weighted by molar-refractivity contribution is 7.80. The van der Waals surface area contributed by atoms with Crippen LogP contribution in [0.25, 0.3) is 0 Å². The van der Waals surface area contributed by atoms with Crippen molar-refractivity contribution in [1.82, 2.24) is 9.78 Å². The predicted octanol–water partition coefficient (Wildman–Crippen LogP) is 5.84. The molecule has 0 amide bonds. The molecule has 26 heavy (non-hydrogen) atoms. The zero-order chi connectivity index (χ0) is 18.7. The van der Waals surface area contributed by atoms with Crippen molar-refractivity contribution in [3.05, 3.63) is 75.1 Å². The van der Waals surface area contributed by atoms with Crippen molar-refractivity contribution in [3.8, 4) is 0 Å². The van der Waals surface area contributed by atoms with Gasteiger partial charge >= 0.3 is 0 Å². The minimum Gasteiger partial charge on any atom is -0.331 e. The van der Waals surface area contributed by atoms with Crippen LogP contribution in [0.3, 0.4) is 0 Å². The Morgan fingerprint density at radius 1 is 1.08 bits per heavy atom. The highest BCUT2D eigenvalue weighted by Crippen LogP contribution is 2.26. The van der Waals surface area contributed by atoms with Crippen molar-refractivity contribution in [2.45, 2.75) is 6.54 Å². The monoisotopic (exact) mass is 428 g/mol. The molecule has 0 radical (unpaired) electrons. The first-order chi connectivity index (χ1) is 12.4. The molecule has 0 spiro atoms. The van der Waals surface area contributed by atoms with Crippen LogP contribution in [0.1, 0.15) is 5.56 Å². The predicted molar refractivity (Wildman–Crippen MR) is 109 cm³/mol. The normalized spacial score (nSPS) is 10.6. The summed E-state index contributed by atoms with van der Waals surface area (Å²) in [6, 6.07) is 11.3. The molecule has 0 saturated heterocycles. The number of aromatic nitrogens is 2. The Hall–Kier alpha value is -1.86. The van der Waals surface area contributed by atoms with Crippen LogP contribution < -0.4 is 10.6 Å². The molecule has 9 heteroatoms. The van der Waals surface area contributed by atoms with Gasteiger partial charge in [-0.2, -0.15) is 5.10 Å². The average molecular weight is 430 g/mol. The fourth-order valence-electron chi connectivity index (χ4n) is 2.24. The summed E-state index contributed by atoms with van der Waals surface area (Å²) < 4.78 is 14.9. The molecule has 2 N–H and O–H groups in total. The molecule has 0 aliphatic carbocycles. The van der Waals surface area contributed by atoms with Crippen LogP contribution in [0.15, 0.2) is 48.7 Å². The van der Waals surface area contributed by atoms with Crippen LogP contribution in [-0.4, -0.2) is 14.9 Å². The van der Waals surface area contributed by atoms with E-state index in [1.165, 1.54) is 12.1 Å². The number of rotatable bonds is 4. The van der Waals surface area contributed by atoms with Crippen LogP contribution in [0.2, 0.25) is 15.1 Å². The summed E-state index contributed by atoms with van der Waals surface area (Å²) in [6.07, 6.45) is 1.63. The SMILES string of the molecule is Fc1cccc(Cn2cc(Cl)c(NC(=S)Nc3cc(Cl)ccc3Cl)n2)c1. The third-order valence-corrected chi connectivity index (χ3v) is 4.40. The first kappa shape index (κ1) is 18.9. The van der Waals surface area contributed by atoms with Gasteiger partial charge in [0.15, 0.2) is 10.9 Å². The van der Waals surface area contributed by atoms with Gasteiger partial charge in [0, 0.05) is 11.2 Å². The van der Waals surface area contributed by atoms with E-state index in [2.05, 4.69) is 15.7 Å². The van der Waals surface area contributed by atoms with Gasteiger partial charge in [0.1, 0.15) is 10.8 Å². The second-order valence-electron chi connectivity index (χ2n) is 5.36. The van der Waals surface area contributed by atoms with Crippen LogP contribution in [0.5, 0.6) is 0 Å². The molecule has 0 aliphatic heterocycles. The Bertz CT molecular complexity index is 961. The van der Waals surface area contributed by atoms with Gasteiger partial charge < -0.3 is 10.6 Å². The molecule has 0 aliphatic rings. The number of benzene rings is 2. The quantitative estimate of drug-likeness (QED) is 0.511. The van der Waals surface area contributed by atoms with Crippen molar-refractivity contribution in [1.29, 1.82) is 0 Å². The smallest absolute Gasteiger partial charge is 0.176 e. The topological polar surface area (TPSA) is 41.9 Å². The van der Waals surface area contributed by atoms with Crippen LogP contribution in [-0.2, 0) is 6.54 Å². The standard InChI is InChI=1S/C17H12Cl3FN4S/c18-11-4-5-13(19)15(7-11)22-17(26)23-16-14(20)9-25(24-16)8-10-2-1-3-12(21)6-10/h1-7,9H,8H2,(H2,22,23,24,26). The van der Waals surface area contributed by atoms with Gasteiger partial charge in [-0.25, -0.2) is 4.39 Å².